The predicted molar refractivity (Wildman–Crippen MR) is 172 cm³/mol. The zero-order chi connectivity index (χ0) is 29.6. The summed E-state index contributed by atoms with van der Waals surface area (Å²) in [5.74, 6) is 1.84. The quantitative estimate of drug-likeness (QED) is 0.308. The minimum Gasteiger partial charge on any atom is -0.378 e. The molecule has 4 aromatic rings. The lowest BCUT2D eigenvalue weighted by molar-refractivity contribution is 0.122. The Labute approximate surface area is 252 Å². The molecule has 10 nitrogen and oxygen atoms in total. The number of anilines is 4. The number of carbonyl (C=O) groups excluding carboxylic acids is 1. The summed E-state index contributed by atoms with van der Waals surface area (Å²) < 4.78 is 5.52. The van der Waals surface area contributed by atoms with E-state index >= 15 is 0 Å². The maximum absolute atomic E-state index is 12.8. The minimum absolute atomic E-state index is 0.298. The first kappa shape index (κ1) is 28.6. The number of piperidine rings is 1. The molecular formula is C33H38N8O2. The van der Waals surface area contributed by atoms with E-state index in [1.54, 1.807) is 0 Å². The van der Waals surface area contributed by atoms with E-state index in [9.17, 15) is 4.79 Å². The largest absolute Gasteiger partial charge is 0.378 e. The Balaban J connectivity index is 1.10. The topological polar surface area (TPSA) is 98.8 Å². The second kappa shape index (κ2) is 13.2. The van der Waals surface area contributed by atoms with E-state index in [0.717, 1.165) is 55.8 Å². The molecule has 0 unspecified atom stereocenters. The number of amides is 2. The van der Waals surface area contributed by atoms with Crippen molar-refractivity contribution in [3.8, 4) is 22.8 Å². The van der Waals surface area contributed by atoms with Crippen LogP contribution in [0.1, 0.15) is 12.8 Å². The van der Waals surface area contributed by atoms with Gasteiger partial charge >= 0.3 is 6.03 Å². The summed E-state index contributed by atoms with van der Waals surface area (Å²) in [4.78, 5) is 34.0. The summed E-state index contributed by atoms with van der Waals surface area (Å²) in [7, 11) is 4.30. The van der Waals surface area contributed by atoms with Crippen molar-refractivity contribution >= 4 is 29.0 Å². The smallest absolute Gasteiger partial charge is 0.323 e. The Hall–Kier alpha value is -4.54. The first-order valence-corrected chi connectivity index (χ1v) is 14.9. The first-order chi connectivity index (χ1) is 21.0. The van der Waals surface area contributed by atoms with Gasteiger partial charge in [0.25, 0.3) is 0 Å². The van der Waals surface area contributed by atoms with Gasteiger partial charge in [0.2, 0.25) is 5.95 Å². The van der Waals surface area contributed by atoms with Gasteiger partial charge in [-0.15, -0.1) is 0 Å². The number of hydrogen-bond donors (Lipinski definition) is 2. The molecule has 3 heterocycles. The number of ether oxygens (including phenoxy) is 1. The van der Waals surface area contributed by atoms with Crippen molar-refractivity contribution in [3.05, 3.63) is 78.9 Å². The summed E-state index contributed by atoms with van der Waals surface area (Å²) in [5.41, 5.74) is 4.37. The number of carbonyl (C=O) groups is 1. The van der Waals surface area contributed by atoms with Crippen molar-refractivity contribution in [3.63, 3.8) is 0 Å². The van der Waals surface area contributed by atoms with Crippen molar-refractivity contribution in [1.82, 2.24) is 19.9 Å². The summed E-state index contributed by atoms with van der Waals surface area (Å²) in [5, 5.41) is 5.86. The van der Waals surface area contributed by atoms with E-state index in [-0.39, 0.29) is 6.03 Å². The van der Waals surface area contributed by atoms with Crippen LogP contribution in [0.15, 0.2) is 78.9 Å². The van der Waals surface area contributed by atoms with Crippen molar-refractivity contribution in [1.29, 1.82) is 0 Å². The van der Waals surface area contributed by atoms with Gasteiger partial charge in [0.15, 0.2) is 11.6 Å². The highest BCUT2D eigenvalue weighted by Crippen LogP contribution is 2.26. The fourth-order valence-electron chi connectivity index (χ4n) is 5.51. The highest BCUT2D eigenvalue weighted by atomic mass is 16.5. The van der Waals surface area contributed by atoms with Gasteiger partial charge in [-0.1, -0.05) is 30.3 Å². The number of aromatic nitrogens is 3. The molecular weight excluding hydrogens is 540 g/mol. The van der Waals surface area contributed by atoms with Gasteiger partial charge in [0.1, 0.15) is 0 Å². The molecule has 0 aliphatic carbocycles. The van der Waals surface area contributed by atoms with Crippen molar-refractivity contribution < 1.29 is 9.53 Å². The summed E-state index contributed by atoms with van der Waals surface area (Å²) in [6.07, 6.45) is 2.31. The number of hydrogen-bond acceptors (Lipinski definition) is 8. The summed E-state index contributed by atoms with van der Waals surface area (Å²) >= 11 is 0. The molecule has 3 aromatic carbocycles. The third-order valence-electron chi connectivity index (χ3n) is 8.04. The number of rotatable bonds is 7. The predicted octanol–water partition coefficient (Wildman–Crippen LogP) is 5.22. The molecule has 2 saturated heterocycles. The van der Waals surface area contributed by atoms with Gasteiger partial charge in [-0.2, -0.15) is 9.97 Å². The number of morpholine rings is 1. The number of nitrogens with zero attached hydrogens (tertiary/aromatic N) is 6. The molecule has 0 bridgehead atoms. The lowest BCUT2D eigenvalue weighted by Gasteiger charge is -2.36. The van der Waals surface area contributed by atoms with Crippen LogP contribution in [0.5, 0.6) is 0 Å². The molecule has 222 valence electrons. The Bertz CT molecular complexity index is 1500. The Kier molecular flexibility index (Phi) is 8.76. The molecule has 2 fully saturated rings. The van der Waals surface area contributed by atoms with Crippen molar-refractivity contribution in [2.45, 2.75) is 18.9 Å². The van der Waals surface area contributed by atoms with E-state index in [1.807, 2.05) is 66.7 Å². The fourth-order valence-corrected chi connectivity index (χ4v) is 5.51. The molecule has 0 saturated carbocycles. The highest BCUT2D eigenvalue weighted by molar-refractivity contribution is 6.00. The maximum atomic E-state index is 12.8. The maximum Gasteiger partial charge on any atom is 0.323 e. The normalized spacial score (nSPS) is 15.9. The van der Waals surface area contributed by atoms with Crippen LogP contribution in [0.3, 0.4) is 0 Å². The molecule has 2 amide bonds. The molecule has 0 spiro atoms. The SMILES string of the molecule is CN(C)C1CCN(c2ccc(NC(=O)Nc3ccc(-c4nc(-c5ccccc5)nc(N5CCOCC5)n4)cc3)cc2)CC1. The summed E-state index contributed by atoms with van der Waals surface area (Å²) in [6.45, 7) is 4.83. The molecule has 2 aliphatic rings. The van der Waals surface area contributed by atoms with Gasteiger partial charge < -0.3 is 30.1 Å². The minimum atomic E-state index is -0.298. The molecule has 0 radical (unpaired) electrons. The standard InChI is InChI=1S/C33H38N8O2/c1-39(2)28-16-18-40(19-17-28)29-14-12-27(13-15-29)35-33(42)34-26-10-8-25(9-11-26)31-36-30(24-6-4-3-5-7-24)37-32(38-31)41-20-22-43-23-21-41/h3-15,28H,16-23H2,1-2H3,(H2,34,35,42). The number of benzene rings is 3. The highest BCUT2D eigenvalue weighted by Gasteiger charge is 2.21. The lowest BCUT2D eigenvalue weighted by Crippen LogP contribution is -2.41. The molecule has 6 rings (SSSR count). The van der Waals surface area contributed by atoms with Crippen LogP contribution >= 0.6 is 0 Å². The second-order valence-corrected chi connectivity index (χ2v) is 11.1. The van der Waals surface area contributed by atoms with E-state index in [1.165, 1.54) is 5.69 Å². The Morgan fingerprint density at radius 2 is 1.28 bits per heavy atom. The first-order valence-electron chi connectivity index (χ1n) is 14.9. The number of urea groups is 1. The van der Waals surface area contributed by atoms with Gasteiger partial charge in [-0.05, 0) is 75.5 Å². The van der Waals surface area contributed by atoms with Gasteiger partial charge in [0.05, 0.1) is 13.2 Å². The fraction of sp³-hybridized carbons (Fsp3) is 0.333. The van der Waals surface area contributed by atoms with Crippen LogP contribution in [0.25, 0.3) is 22.8 Å². The van der Waals surface area contributed by atoms with Crippen LogP contribution in [-0.2, 0) is 4.74 Å². The Morgan fingerprint density at radius 3 is 1.86 bits per heavy atom. The van der Waals surface area contributed by atoms with Gasteiger partial charge in [-0.25, -0.2) is 9.78 Å². The lowest BCUT2D eigenvalue weighted by atomic mass is 10.0. The average molecular weight is 579 g/mol. The van der Waals surface area contributed by atoms with Crippen LogP contribution in [0.2, 0.25) is 0 Å². The van der Waals surface area contributed by atoms with E-state index < -0.39 is 0 Å². The third-order valence-corrected chi connectivity index (χ3v) is 8.04. The molecule has 2 N–H and O–H groups in total. The second-order valence-electron chi connectivity index (χ2n) is 11.1. The van der Waals surface area contributed by atoms with E-state index in [0.29, 0.717) is 42.5 Å². The molecule has 1 aromatic heterocycles. The third kappa shape index (κ3) is 7.10. The Morgan fingerprint density at radius 1 is 0.721 bits per heavy atom. The van der Waals surface area contributed by atoms with E-state index in [2.05, 4.69) is 51.6 Å². The van der Waals surface area contributed by atoms with Gasteiger partial charge in [-0.3, -0.25) is 0 Å². The van der Waals surface area contributed by atoms with Crippen LogP contribution in [0.4, 0.5) is 27.8 Å². The van der Waals surface area contributed by atoms with Crippen LogP contribution < -0.4 is 20.4 Å². The van der Waals surface area contributed by atoms with E-state index in [4.69, 9.17) is 19.7 Å². The molecule has 43 heavy (non-hydrogen) atoms. The zero-order valence-corrected chi connectivity index (χ0v) is 24.7. The monoisotopic (exact) mass is 578 g/mol. The number of nitrogens with one attached hydrogen (secondary N) is 2. The molecule has 10 heteroatoms. The van der Waals surface area contributed by atoms with Crippen molar-refractivity contribution in [2.24, 2.45) is 0 Å². The molecule has 0 atom stereocenters. The van der Waals surface area contributed by atoms with Crippen LogP contribution in [0, 0.1) is 0 Å². The van der Waals surface area contributed by atoms with Crippen LogP contribution in [-0.4, -0.2) is 85.4 Å². The average Bonchev–Trinajstić information content (AvgIpc) is 3.06. The summed E-state index contributed by atoms with van der Waals surface area (Å²) in [6, 6.07) is 25.9. The zero-order valence-electron chi connectivity index (χ0n) is 24.7. The van der Waals surface area contributed by atoms with Crippen molar-refractivity contribution in [2.75, 3.05) is 73.9 Å². The molecule has 2 aliphatic heterocycles. The van der Waals surface area contributed by atoms with Gasteiger partial charge in [0, 0.05) is 60.4 Å².